The van der Waals surface area contributed by atoms with E-state index in [4.69, 9.17) is 0 Å². The van der Waals surface area contributed by atoms with Crippen molar-refractivity contribution in [3.63, 3.8) is 0 Å². The van der Waals surface area contributed by atoms with Crippen molar-refractivity contribution >= 4 is 5.91 Å². The first-order valence-electron chi connectivity index (χ1n) is 5.18. The highest BCUT2D eigenvalue weighted by atomic mass is 16.2. The standard InChI is InChI=1S/C11H23NO/c1-6-11(4,5)10(13)12-8-7-9(2)3/h9H,6-8H2,1-5H3,(H,12,13). The van der Waals surface area contributed by atoms with Crippen LogP contribution in [0.2, 0.25) is 0 Å². The Hall–Kier alpha value is -0.530. The molecule has 0 aromatic rings. The summed E-state index contributed by atoms with van der Waals surface area (Å²) in [4.78, 5) is 11.6. The molecule has 0 aliphatic rings. The van der Waals surface area contributed by atoms with Crippen molar-refractivity contribution < 1.29 is 4.79 Å². The van der Waals surface area contributed by atoms with Gasteiger partial charge in [-0.25, -0.2) is 0 Å². The fourth-order valence-corrected chi connectivity index (χ4v) is 0.874. The van der Waals surface area contributed by atoms with Gasteiger partial charge in [0.05, 0.1) is 0 Å². The van der Waals surface area contributed by atoms with Gasteiger partial charge in [-0.3, -0.25) is 4.79 Å². The summed E-state index contributed by atoms with van der Waals surface area (Å²) in [7, 11) is 0. The molecule has 0 rings (SSSR count). The quantitative estimate of drug-likeness (QED) is 0.701. The Kier molecular flexibility index (Phi) is 5.04. The minimum atomic E-state index is -0.211. The molecule has 0 heterocycles. The van der Waals surface area contributed by atoms with Crippen LogP contribution in [0.1, 0.15) is 47.5 Å². The van der Waals surface area contributed by atoms with Gasteiger partial charge in [-0.1, -0.05) is 34.6 Å². The molecular formula is C11H23NO. The Morgan fingerprint density at radius 3 is 2.31 bits per heavy atom. The molecule has 78 valence electrons. The molecule has 0 radical (unpaired) electrons. The Morgan fingerprint density at radius 1 is 1.38 bits per heavy atom. The minimum absolute atomic E-state index is 0.177. The van der Waals surface area contributed by atoms with Crippen LogP contribution >= 0.6 is 0 Å². The molecule has 0 atom stereocenters. The molecule has 0 bridgehead atoms. The van der Waals surface area contributed by atoms with Crippen molar-refractivity contribution in [1.29, 1.82) is 0 Å². The van der Waals surface area contributed by atoms with E-state index in [1.54, 1.807) is 0 Å². The molecule has 0 saturated carbocycles. The fourth-order valence-electron chi connectivity index (χ4n) is 0.874. The molecule has 0 saturated heterocycles. The fraction of sp³-hybridized carbons (Fsp3) is 0.909. The maximum Gasteiger partial charge on any atom is 0.225 e. The molecule has 0 spiro atoms. The second kappa shape index (κ2) is 5.25. The topological polar surface area (TPSA) is 29.1 Å². The predicted molar refractivity (Wildman–Crippen MR) is 56.5 cm³/mol. The number of nitrogens with one attached hydrogen (secondary N) is 1. The van der Waals surface area contributed by atoms with Gasteiger partial charge in [0.2, 0.25) is 5.91 Å². The van der Waals surface area contributed by atoms with Gasteiger partial charge >= 0.3 is 0 Å². The number of hydrogen-bond donors (Lipinski definition) is 1. The van der Waals surface area contributed by atoms with E-state index in [0.29, 0.717) is 5.92 Å². The maximum atomic E-state index is 11.6. The van der Waals surface area contributed by atoms with Crippen molar-refractivity contribution in [2.75, 3.05) is 6.54 Å². The zero-order chi connectivity index (χ0) is 10.5. The highest BCUT2D eigenvalue weighted by Crippen LogP contribution is 2.19. The second-order valence-electron chi connectivity index (χ2n) is 4.68. The van der Waals surface area contributed by atoms with Crippen LogP contribution in [0.3, 0.4) is 0 Å². The lowest BCUT2D eigenvalue weighted by molar-refractivity contribution is -0.129. The number of rotatable bonds is 5. The zero-order valence-electron chi connectivity index (χ0n) is 9.61. The van der Waals surface area contributed by atoms with E-state index in [-0.39, 0.29) is 11.3 Å². The Balaban J connectivity index is 3.75. The molecule has 2 heteroatoms. The average molecular weight is 185 g/mol. The summed E-state index contributed by atoms with van der Waals surface area (Å²) < 4.78 is 0. The van der Waals surface area contributed by atoms with Crippen molar-refractivity contribution in [1.82, 2.24) is 5.32 Å². The predicted octanol–water partition coefficient (Wildman–Crippen LogP) is 2.58. The monoisotopic (exact) mass is 185 g/mol. The van der Waals surface area contributed by atoms with E-state index in [0.717, 1.165) is 19.4 Å². The highest BCUT2D eigenvalue weighted by Gasteiger charge is 2.24. The molecule has 1 amide bonds. The first kappa shape index (κ1) is 12.5. The molecule has 0 aromatic carbocycles. The van der Waals surface area contributed by atoms with Crippen molar-refractivity contribution in [2.45, 2.75) is 47.5 Å². The van der Waals surface area contributed by atoms with Gasteiger partial charge in [0.25, 0.3) is 0 Å². The summed E-state index contributed by atoms with van der Waals surface area (Å²) in [6.45, 7) is 11.1. The first-order valence-corrected chi connectivity index (χ1v) is 5.18. The van der Waals surface area contributed by atoms with Crippen LogP contribution in [0.4, 0.5) is 0 Å². The van der Waals surface area contributed by atoms with Crippen LogP contribution in [0, 0.1) is 11.3 Å². The Morgan fingerprint density at radius 2 is 1.92 bits per heavy atom. The molecule has 13 heavy (non-hydrogen) atoms. The third-order valence-corrected chi connectivity index (χ3v) is 2.51. The van der Waals surface area contributed by atoms with Gasteiger partial charge in [0.1, 0.15) is 0 Å². The summed E-state index contributed by atoms with van der Waals surface area (Å²) in [5, 5.41) is 2.97. The molecule has 1 N–H and O–H groups in total. The zero-order valence-corrected chi connectivity index (χ0v) is 9.61. The van der Waals surface area contributed by atoms with Gasteiger partial charge in [-0.2, -0.15) is 0 Å². The lowest BCUT2D eigenvalue weighted by Crippen LogP contribution is -2.37. The van der Waals surface area contributed by atoms with E-state index in [1.807, 2.05) is 20.8 Å². The third-order valence-electron chi connectivity index (χ3n) is 2.51. The highest BCUT2D eigenvalue weighted by molar-refractivity contribution is 5.81. The average Bonchev–Trinajstić information content (AvgIpc) is 2.03. The van der Waals surface area contributed by atoms with Gasteiger partial charge in [0.15, 0.2) is 0 Å². The molecule has 2 nitrogen and oxygen atoms in total. The third kappa shape index (κ3) is 4.91. The molecule has 0 aliphatic carbocycles. The smallest absolute Gasteiger partial charge is 0.225 e. The van der Waals surface area contributed by atoms with Crippen LogP contribution in [0.15, 0.2) is 0 Å². The maximum absolute atomic E-state index is 11.6. The Labute approximate surface area is 82.1 Å². The summed E-state index contributed by atoms with van der Waals surface area (Å²) >= 11 is 0. The minimum Gasteiger partial charge on any atom is -0.356 e. The molecule has 0 fully saturated rings. The van der Waals surface area contributed by atoms with Gasteiger partial charge in [-0.05, 0) is 18.8 Å². The van der Waals surface area contributed by atoms with E-state index < -0.39 is 0 Å². The molecule has 0 unspecified atom stereocenters. The molecule has 0 aromatic heterocycles. The summed E-state index contributed by atoms with van der Waals surface area (Å²) in [5.41, 5.74) is -0.211. The Bertz CT molecular complexity index is 161. The van der Waals surface area contributed by atoms with E-state index in [9.17, 15) is 4.79 Å². The van der Waals surface area contributed by atoms with Gasteiger partial charge in [-0.15, -0.1) is 0 Å². The van der Waals surface area contributed by atoms with Crippen molar-refractivity contribution in [3.05, 3.63) is 0 Å². The largest absolute Gasteiger partial charge is 0.356 e. The van der Waals surface area contributed by atoms with Crippen LogP contribution in [0.5, 0.6) is 0 Å². The van der Waals surface area contributed by atoms with Gasteiger partial charge in [0, 0.05) is 12.0 Å². The van der Waals surface area contributed by atoms with E-state index >= 15 is 0 Å². The number of carbonyl (C=O) groups excluding carboxylic acids is 1. The number of hydrogen-bond acceptors (Lipinski definition) is 1. The second-order valence-corrected chi connectivity index (χ2v) is 4.68. The molecule has 0 aliphatic heterocycles. The first-order chi connectivity index (χ1) is 5.90. The van der Waals surface area contributed by atoms with Crippen molar-refractivity contribution in [3.8, 4) is 0 Å². The summed E-state index contributed by atoms with van der Waals surface area (Å²) in [6, 6.07) is 0. The number of amides is 1. The molecular weight excluding hydrogens is 162 g/mol. The lowest BCUT2D eigenvalue weighted by atomic mass is 9.89. The number of carbonyl (C=O) groups is 1. The summed E-state index contributed by atoms with van der Waals surface area (Å²) in [6.07, 6.45) is 1.95. The van der Waals surface area contributed by atoms with Crippen molar-refractivity contribution in [2.24, 2.45) is 11.3 Å². The van der Waals surface area contributed by atoms with E-state index in [2.05, 4.69) is 19.2 Å². The van der Waals surface area contributed by atoms with E-state index in [1.165, 1.54) is 0 Å². The van der Waals surface area contributed by atoms with Gasteiger partial charge < -0.3 is 5.32 Å². The summed E-state index contributed by atoms with van der Waals surface area (Å²) in [5.74, 6) is 0.834. The van der Waals surface area contributed by atoms with Crippen LogP contribution < -0.4 is 5.32 Å². The van der Waals surface area contributed by atoms with Crippen LogP contribution in [0.25, 0.3) is 0 Å². The normalized spacial score (nSPS) is 11.8. The van der Waals surface area contributed by atoms with Crippen LogP contribution in [-0.4, -0.2) is 12.5 Å². The SMILES string of the molecule is CCC(C)(C)C(=O)NCCC(C)C. The van der Waals surface area contributed by atoms with Crippen LogP contribution in [-0.2, 0) is 4.79 Å². The lowest BCUT2D eigenvalue weighted by Gasteiger charge is -2.21.